The van der Waals surface area contributed by atoms with E-state index in [2.05, 4.69) is 18.7 Å². The van der Waals surface area contributed by atoms with E-state index in [0.717, 1.165) is 36.8 Å². The van der Waals surface area contributed by atoms with E-state index >= 15 is 0 Å². The molecule has 0 N–H and O–H groups in total. The zero-order valence-corrected chi connectivity index (χ0v) is 11.9. The zero-order chi connectivity index (χ0) is 12.7. The lowest BCUT2D eigenvalue weighted by atomic mass is 9.89. The molecule has 0 spiro atoms. The molecule has 18 heavy (non-hydrogen) atoms. The van der Waals surface area contributed by atoms with E-state index in [1.54, 1.807) is 0 Å². The van der Waals surface area contributed by atoms with E-state index < -0.39 is 0 Å². The zero-order valence-electron chi connectivity index (χ0n) is 11.9. The van der Waals surface area contributed by atoms with Crippen LogP contribution in [-0.4, -0.2) is 23.9 Å². The average Bonchev–Trinajstić information content (AvgIpc) is 3.04. The number of amides is 1. The Hall–Kier alpha value is -0.530. The van der Waals surface area contributed by atoms with Gasteiger partial charge in [0, 0.05) is 19.0 Å². The maximum absolute atomic E-state index is 12.5. The summed E-state index contributed by atoms with van der Waals surface area (Å²) < 4.78 is 0. The largest absolute Gasteiger partial charge is 0.342 e. The van der Waals surface area contributed by atoms with Crippen LogP contribution in [0, 0.1) is 29.6 Å². The van der Waals surface area contributed by atoms with Crippen molar-refractivity contribution in [1.29, 1.82) is 0 Å². The van der Waals surface area contributed by atoms with Crippen molar-refractivity contribution in [2.24, 2.45) is 29.6 Å². The predicted octanol–water partition coefficient (Wildman–Crippen LogP) is 3.32. The molecule has 1 saturated heterocycles. The molecule has 2 heteroatoms. The van der Waals surface area contributed by atoms with E-state index in [-0.39, 0.29) is 0 Å². The highest BCUT2D eigenvalue weighted by Gasteiger charge is 2.48. The number of hydrogen-bond donors (Lipinski definition) is 0. The third-order valence-corrected chi connectivity index (χ3v) is 5.62. The second kappa shape index (κ2) is 4.86. The van der Waals surface area contributed by atoms with Crippen LogP contribution in [0.3, 0.4) is 0 Å². The molecule has 3 atom stereocenters. The van der Waals surface area contributed by atoms with Gasteiger partial charge in [0.1, 0.15) is 0 Å². The van der Waals surface area contributed by atoms with Crippen LogP contribution in [0.5, 0.6) is 0 Å². The molecule has 0 aromatic rings. The molecule has 3 fully saturated rings. The van der Waals surface area contributed by atoms with Gasteiger partial charge >= 0.3 is 0 Å². The van der Waals surface area contributed by atoms with Crippen LogP contribution in [0.1, 0.15) is 52.4 Å². The van der Waals surface area contributed by atoms with Crippen molar-refractivity contribution in [2.75, 3.05) is 13.1 Å². The molecule has 3 unspecified atom stereocenters. The van der Waals surface area contributed by atoms with Crippen molar-refractivity contribution >= 4 is 5.91 Å². The second-order valence-electron chi connectivity index (χ2n) is 7.18. The monoisotopic (exact) mass is 249 g/mol. The van der Waals surface area contributed by atoms with Crippen LogP contribution in [0.4, 0.5) is 0 Å². The number of nitrogens with zero attached hydrogens (tertiary/aromatic N) is 1. The fourth-order valence-electron chi connectivity index (χ4n) is 4.18. The van der Waals surface area contributed by atoms with Gasteiger partial charge in [-0.25, -0.2) is 0 Å². The van der Waals surface area contributed by atoms with Gasteiger partial charge in [-0.05, 0) is 62.2 Å². The molecule has 1 heterocycles. The predicted molar refractivity (Wildman–Crippen MR) is 73.1 cm³/mol. The van der Waals surface area contributed by atoms with Crippen LogP contribution < -0.4 is 0 Å². The molecule has 1 aliphatic heterocycles. The molecular formula is C16H27NO. The highest BCUT2D eigenvalue weighted by Crippen LogP contribution is 2.54. The van der Waals surface area contributed by atoms with Crippen molar-refractivity contribution in [3.05, 3.63) is 0 Å². The third-order valence-electron chi connectivity index (χ3n) is 5.62. The fraction of sp³-hybridized carbons (Fsp3) is 0.938. The van der Waals surface area contributed by atoms with Gasteiger partial charge in [0.05, 0.1) is 0 Å². The summed E-state index contributed by atoms with van der Waals surface area (Å²) in [5, 5.41) is 0. The molecule has 3 aliphatic rings. The van der Waals surface area contributed by atoms with Crippen molar-refractivity contribution < 1.29 is 4.79 Å². The van der Waals surface area contributed by atoms with Crippen LogP contribution >= 0.6 is 0 Å². The molecule has 0 radical (unpaired) electrons. The summed E-state index contributed by atoms with van der Waals surface area (Å²) >= 11 is 0. The fourth-order valence-corrected chi connectivity index (χ4v) is 4.18. The van der Waals surface area contributed by atoms with E-state index in [9.17, 15) is 4.79 Å². The molecule has 0 aromatic carbocycles. The molecule has 0 bridgehead atoms. The Morgan fingerprint density at radius 2 is 1.78 bits per heavy atom. The van der Waals surface area contributed by atoms with E-state index in [1.807, 2.05) is 0 Å². The number of hydrogen-bond acceptors (Lipinski definition) is 1. The first-order valence-electron chi connectivity index (χ1n) is 7.94. The number of likely N-dealkylation sites (tertiary alicyclic amines) is 1. The highest BCUT2D eigenvalue weighted by molar-refractivity contribution is 5.79. The second-order valence-corrected chi connectivity index (χ2v) is 7.18. The quantitative estimate of drug-likeness (QED) is 0.735. The number of fused-ring (bicyclic) bond motifs is 1. The van der Waals surface area contributed by atoms with Crippen molar-refractivity contribution in [1.82, 2.24) is 4.90 Å². The Bertz CT molecular complexity index is 315. The van der Waals surface area contributed by atoms with Gasteiger partial charge in [-0.3, -0.25) is 4.79 Å². The topological polar surface area (TPSA) is 20.3 Å². The lowest BCUT2D eigenvalue weighted by Crippen LogP contribution is -2.36. The SMILES string of the molecule is CC(C)C1CCCN(C(=O)C2CC3CC3C2)CC1. The van der Waals surface area contributed by atoms with Gasteiger partial charge in [0.2, 0.25) is 5.91 Å². The Morgan fingerprint density at radius 3 is 2.44 bits per heavy atom. The lowest BCUT2D eigenvalue weighted by Gasteiger charge is -2.25. The highest BCUT2D eigenvalue weighted by atomic mass is 16.2. The minimum atomic E-state index is 0.393. The third kappa shape index (κ3) is 2.44. The van der Waals surface area contributed by atoms with Crippen molar-refractivity contribution in [3.8, 4) is 0 Å². The molecule has 2 saturated carbocycles. The van der Waals surface area contributed by atoms with E-state index in [0.29, 0.717) is 11.8 Å². The van der Waals surface area contributed by atoms with Gasteiger partial charge in [-0.15, -0.1) is 0 Å². The molecule has 2 aliphatic carbocycles. The van der Waals surface area contributed by atoms with Gasteiger partial charge in [0.25, 0.3) is 0 Å². The Balaban J connectivity index is 1.54. The maximum Gasteiger partial charge on any atom is 0.225 e. The van der Waals surface area contributed by atoms with Crippen molar-refractivity contribution in [2.45, 2.75) is 52.4 Å². The Morgan fingerprint density at radius 1 is 1.06 bits per heavy atom. The summed E-state index contributed by atoms with van der Waals surface area (Å²) in [6.07, 6.45) is 7.58. The Labute approximate surface area is 111 Å². The summed E-state index contributed by atoms with van der Waals surface area (Å²) in [5.74, 6) is 4.35. The van der Waals surface area contributed by atoms with Crippen LogP contribution in [0.2, 0.25) is 0 Å². The summed E-state index contributed by atoms with van der Waals surface area (Å²) in [6.45, 7) is 6.70. The molecule has 2 nitrogen and oxygen atoms in total. The molecule has 0 aromatic heterocycles. The molecule has 1 amide bonds. The first-order chi connectivity index (χ1) is 8.65. The minimum Gasteiger partial charge on any atom is -0.342 e. The minimum absolute atomic E-state index is 0.393. The normalized spacial score (nSPS) is 39.6. The maximum atomic E-state index is 12.5. The van der Waals surface area contributed by atoms with Crippen LogP contribution in [0.25, 0.3) is 0 Å². The summed E-state index contributed by atoms with van der Waals surface area (Å²) in [4.78, 5) is 14.7. The smallest absolute Gasteiger partial charge is 0.225 e. The number of carbonyl (C=O) groups excluding carboxylic acids is 1. The first-order valence-corrected chi connectivity index (χ1v) is 7.94. The van der Waals surface area contributed by atoms with E-state index in [1.165, 1.54) is 38.5 Å². The van der Waals surface area contributed by atoms with Gasteiger partial charge in [-0.1, -0.05) is 13.8 Å². The number of carbonyl (C=O) groups is 1. The first kappa shape index (κ1) is 12.5. The van der Waals surface area contributed by atoms with Crippen LogP contribution in [0.15, 0.2) is 0 Å². The van der Waals surface area contributed by atoms with Crippen LogP contribution in [-0.2, 0) is 4.79 Å². The summed E-state index contributed by atoms with van der Waals surface area (Å²) in [7, 11) is 0. The molecular weight excluding hydrogens is 222 g/mol. The van der Waals surface area contributed by atoms with Gasteiger partial charge < -0.3 is 4.90 Å². The van der Waals surface area contributed by atoms with Crippen molar-refractivity contribution in [3.63, 3.8) is 0 Å². The number of rotatable bonds is 2. The average molecular weight is 249 g/mol. The van der Waals surface area contributed by atoms with Gasteiger partial charge in [0.15, 0.2) is 0 Å². The van der Waals surface area contributed by atoms with E-state index in [4.69, 9.17) is 0 Å². The lowest BCUT2D eigenvalue weighted by molar-refractivity contribution is -0.135. The van der Waals surface area contributed by atoms with Gasteiger partial charge in [-0.2, -0.15) is 0 Å². The summed E-state index contributed by atoms with van der Waals surface area (Å²) in [6, 6.07) is 0. The summed E-state index contributed by atoms with van der Waals surface area (Å²) in [5.41, 5.74) is 0. The molecule has 102 valence electrons. The molecule has 3 rings (SSSR count). The Kier molecular flexibility index (Phi) is 3.38. The standard InChI is InChI=1S/C16H27NO/c1-11(2)12-4-3-6-17(7-5-12)16(18)15-9-13-8-14(13)10-15/h11-15H,3-10H2,1-2H3.